The average Bonchev–Trinajstić information content (AvgIpc) is 2.32. The van der Waals surface area contributed by atoms with Crippen LogP contribution in [0.4, 0.5) is 0 Å². The van der Waals surface area contributed by atoms with Crippen molar-refractivity contribution < 1.29 is 43.7 Å². The number of rotatable bonds is 8. The third-order valence-corrected chi connectivity index (χ3v) is 2.38. The van der Waals surface area contributed by atoms with Gasteiger partial charge in [0.1, 0.15) is 18.7 Å². The molecule has 0 spiro atoms. The maximum absolute atomic E-state index is 10.8. The minimum Gasteiger partial charge on any atom is -0.550 e. The summed E-state index contributed by atoms with van der Waals surface area (Å²) in [6.07, 6.45) is -1.36. The van der Waals surface area contributed by atoms with E-state index in [1.54, 1.807) is 0 Å². The molecule has 0 saturated heterocycles. The number of carboxylic acid groups (broad SMARTS) is 2. The Morgan fingerprint density at radius 2 is 1.68 bits per heavy atom. The van der Waals surface area contributed by atoms with Gasteiger partial charge in [0.25, 0.3) is 0 Å². The number of esters is 2. The Kier molecular flexibility index (Phi) is 15.2. The van der Waals surface area contributed by atoms with Gasteiger partial charge in [0.2, 0.25) is 0 Å². The molecule has 0 aromatic carbocycles. The summed E-state index contributed by atoms with van der Waals surface area (Å²) in [5.74, 6) is -3.90. The third kappa shape index (κ3) is 22.2. The largest absolute Gasteiger partial charge is 0.550 e. The van der Waals surface area contributed by atoms with E-state index >= 15 is 0 Å². The second-order valence-electron chi connectivity index (χ2n) is 6.15. The number of quaternary nitrogens is 1. The van der Waals surface area contributed by atoms with Gasteiger partial charge in [-0.3, -0.25) is 9.59 Å². The molecule has 0 aromatic rings. The summed E-state index contributed by atoms with van der Waals surface area (Å²) < 4.78 is 4.70. The molecular weight excluding hydrogens is 360 g/mol. The lowest BCUT2D eigenvalue weighted by atomic mass is 10.2. The van der Waals surface area contributed by atoms with Crippen LogP contribution in [-0.4, -0.2) is 78.4 Å². The normalized spacial score (nSPS) is 12.6. The van der Waals surface area contributed by atoms with Crippen molar-refractivity contribution >= 4 is 36.3 Å². The maximum atomic E-state index is 10.8. The van der Waals surface area contributed by atoms with Crippen molar-refractivity contribution in [1.82, 2.24) is 0 Å². The van der Waals surface area contributed by atoms with E-state index in [0.29, 0.717) is 11.0 Å². The lowest BCUT2D eigenvalue weighted by Gasteiger charge is -2.26. The molecule has 0 saturated carbocycles. The highest BCUT2D eigenvalue weighted by Crippen LogP contribution is 1.98. The maximum Gasteiger partial charge on any atom is 0.330 e. The Morgan fingerprint density at radius 1 is 1.20 bits per heavy atom. The van der Waals surface area contributed by atoms with Crippen LogP contribution in [0.1, 0.15) is 26.2 Å². The average molecular weight is 387 g/mol. The zero-order valence-electron chi connectivity index (χ0n) is 14.8. The molecule has 25 heavy (non-hydrogen) atoms. The molecule has 0 bridgehead atoms. The van der Waals surface area contributed by atoms with E-state index < -0.39 is 36.0 Å². The lowest BCUT2D eigenvalue weighted by molar-refractivity contribution is -0.873. The molecule has 0 amide bonds. The molecule has 148 valence electrons. The van der Waals surface area contributed by atoms with Crippen LogP contribution in [0.25, 0.3) is 0 Å². The van der Waals surface area contributed by atoms with Gasteiger partial charge in [-0.2, -0.15) is 0 Å². The van der Waals surface area contributed by atoms with Gasteiger partial charge >= 0.3 is 17.9 Å². The fraction of sp³-hybridized carbons (Fsp3) is 0.714. The van der Waals surface area contributed by atoms with Crippen molar-refractivity contribution in [2.24, 2.45) is 5.73 Å². The van der Waals surface area contributed by atoms with Gasteiger partial charge < -0.3 is 35.1 Å². The summed E-state index contributed by atoms with van der Waals surface area (Å²) in [6.45, 7) is 1.50. The quantitative estimate of drug-likeness (QED) is 0.240. The topological polar surface area (TPSA) is 167 Å². The van der Waals surface area contributed by atoms with E-state index in [4.69, 9.17) is 15.9 Å². The first-order chi connectivity index (χ1) is 10.7. The number of nitrogens with zero attached hydrogens (tertiary/aromatic N) is 1. The van der Waals surface area contributed by atoms with Gasteiger partial charge in [0.05, 0.1) is 21.1 Å². The summed E-state index contributed by atoms with van der Waals surface area (Å²) in [7, 11) is 5.66. The first-order valence-electron chi connectivity index (χ1n) is 7.12. The second kappa shape index (κ2) is 13.5. The number of aliphatic hydroxyl groups excluding tert-OH is 1. The molecule has 11 heteroatoms. The van der Waals surface area contributed by atoms with E-state index in [0.717, 1.165) is 6.92 Å². The Hall–Kier alpha value is -1.75. The predicted octanol–water partition coefficient (Wildman–Crippen LogP) is -2.12. The van der Waals surface area contributed by atoms with Crippen LogP contribution < -0.4 is 10.8 Å². The standard InChI is InChI=1S/C7H11NO5.C7H15NO3.ClH/c1-4(9)13-7(12)5(8)2-3-6(10)11;1-8(2,3)5-6(9)4-7(10)11;/h5H,2-3,8H2,1H3,(H,10,11);6,9H,4-5H2,1-3H3;1H/t5-;6-;/m01./s1. The summed E-state index contributed by atoms with van der Waals surface area (Å²) in [6, 6.07) is -1.06. The van der Waals surface area contributed by atoms with Crippen LogP contribution in [0.5, 0.6) is 0 Å². The number of hydrogen-bond acceptors (Lipinski definition) is 8. The fourth-order valence-electron chi connectivity index (χ4n) is 1.50. The molecule has 0 radical (unpaired) electrons. The van der Waals surface area contributed by atoms with Crippen LogP contribution in [0.2, 0.25) is 0 Å². The number of likely N-dealkylation sites (N-methyl/N-ethyl adjacent to an activating group) is 1. The number of aliphatic carboxylic acids is 2. The van der Waals surface area contributed by atoms with Crippen molar-refractivity contribution in [3.63, 3.8) is 0 Å². The first kappa shape index (κ1) is 28.1. The van der Waals surface area contributed by atoms with Crippen molar-refractivity contribution in [2.75, 3.05) is 27.7 Å². The molecule has 4 N–H and O–H groups in total. The van der Waals surface area contributed by atoms with Crippen LogP contribution in [-0.2, 0) is 23.9 Å². The van der Waals surface area contributed by atoms with Crippen molar-refractivity contribution in [2.45, 2.75) is 38.3 Å². The van der Waals surface area contributed by atoms with Crippen LogP contribution >= 0.6 is 12.4 Å². The van der Waals surface area contributed by atoms with Crippen LogP contribution in [0, 0.1) is 0 Å². The zero-order chi connectivity index (χ0) is 19.5. The Labute approximate surface area is 152 Å². The smallest absolute Gasteiger partial charge is 0.330 e. The first-order valence-corrected chi connectivity index (χ1v) is 7.12. The number of ether oxygens (including phenoxy) is 1. The third-order valence-electron chi connectivity index (χ3n) is 2.38. The lowest BCUT2D eigenvalue weighted by Crippen LogP contribution is -2.43. The number of carboxylic acids is 2. The highest BCUT2D eigenvalue weighted by Gasteiger charge is 2.17. The Bertz CT molecular complexity index is 451. The summed E-state index contributed by atoms with van der Waals surface area (Å²) in [5.41, 5.74) is 5.22. The number of carbonyl (C=O) groups is 4. The fourth-order valence-corrected chi connectivity index (χ4v) is 1.50. The Balaban J connectivity index is -0.000000377. The van der Waals surface area contributed by atoms with E-state index in [1.165, 1.54) is 0 Å². The number of carbonyl (C=O) groups excluding carboxylic acids is 3. The number of hydrogen-bond donors (Lipinski definition) is 3. The SMILES string of the molecule is CC(=O)OC(=O)[C@@H](N)CCC(=O)O.C[N+](C)(C)C[C@H](O)CC(=O)[O-].Cl. The number of nitrogens with two attached hydrogens (primary N) is 1. The minimum absolute atomic E-state index is 0. The van der Waals surface area contributed by atoms with E-state index in [2.05, 4.69) is 4.74 Å². The van der Waals surface area contributed by atoms with Crippen molar-refractivity contribution in [1.29, 1.82) is 0 Å². The molecule has 0 aliphatic rings. The Morgan fingerprint density at radius 3 is 2.00 bits per heavy atom. The van der Waals surface area contributed by atoms with E-state index in [1.807, 2.05) is 21.1 Å². The highest BCUT2D eigenvalue weighted by atomic mass is 35.5. The van der Waals surface area contributed by atoms with Crippen molar-refractivity contribution in [3.8, 4) is 0 Å². The molecule has 0 aromatic heterocycles. The van der Waals surface area contributed by atoms with Gasteiger partial charge in [-0.05, 0) is 6.42 Å². The predicted molar refractivity (Wildman–Crippen MR) is 87.4 cm³/mol. The molecule has 0 fully saturated rings. The highest BCUT2D eigenvalue weighted by molar-refractivity contribution is 5.87. The summed E-state index contributed by atoms with van der Waals surface area (Å²) >= 11 is 0. The number of aliphatic hydroxyl groups is 1. The van der Waals surface area contributed by atoms with Gasteiger partial charge in [-0.25, -0.2) is 4.79 Å². The number of halogens is 1. The van der Waals surface area contributed by atoms with Crippen LogP contribution in [0.15, 0.2) is 0 Å². The molecule has 0 aliphatic heterocycles. The molecule has 0 unspecified atom stereocenters. The molecule has 0 rings (SSSR count). The van der Waals surface area contributed by atoms with Gasteiger partial charge in [-0.1, -0.05) is 0 Å². The second-order valence-corrected chi connectivity index (χ2v) is 6.15. The summed E-state index contributed by atoms with van der Waals surface area (Å²) in [5, 5.41) is 27.4. The van der Waals surface area contributed by atoms with Gasteiger partial charge in [-0.15, -0.1) is 12.4 Å². The van der Waals surface area contributed by atoms with Crippen LogP contribution in [0.3, 0.4) is 0 Å². The van der Waals surface area contributed by atoms with Gasteiger partial charge in [0.15, 0.2) is 0 Å². The molecule has 0 aliphatic carbocycles. The molecule has 2 atom stereocenters. The molecular formula is C14H27ClN2O8. The summed E-state index contributed by atoms with van der Waals surface area (Å²) in [4.78, 5) is 41.2. The zero-order valence-corrected chi connectivity index (χ0v) is 15.6. The molecule has 0 heterocycles. The monoisotopic (exact) mass is 386 g/mol. The van der Waals surface area contributed by atoms with Gasteiger partial charge in [0, 0.05) is 25.7 Å². The minimum atomic E-state index is -1.20. The van der Waals surface area contributed by atoms with Crippen molar-refractivity contribution in [3.05, 3.63) is 0 Å². The van der Waals surface area contributed by atoms with E-state index in [9.17, 15) is 24.3 Å². The molecule has 10 nitrogen and oxygen atoms in total. The van der Waals surface area contributed by atoms with E-state index in [-0.39, 0.29) is 31.7 Å².